The van der Waals surface area contributed by atoms with E-state index in [4.69, 9.17) is 4.42 Å². The first-order chi connectivity index (χ1) is 11.2. The van der Waals surface area contributed by atoms with Gasteiger partial charge in [-0.15, -0.1) is 0 Å². The Morgan fingerprint density at radius 1 is 1.13 bits per heavy atom. The average molecular weight is 312 g/mol. The standard InChI is InChI=1S/C18H20N2O3/c21-14-3-1-13(2-4-14)16-5-6-17(23-16)18(22)19-15-11-20-9-7-12(15)8-10-20/h1-6,12,15,21H,7-11H2,(H,19,22). The van der Waals surface area contributed by atoms with Crippen molar-refractivity contribution < 1.29 is 14.3 Å². The fraction of sp³-hybridized carbons (Fsp3) is 0.389. The number of phenols is 1. The lowest BCUT2D eigenvalue weighted by Gasteiger charge is -2.44. The van der Waals surface area contributed by atoms with Gasteiger partial charge in [0.1, 0.15) is 11.5 Å². The summed E-state index contributed by atoms with van der Waals surface area (Å²) in [5, 5.41) is 12.5. The molecule has 3 aliphatic rings. The summed E-state index contributed by atoms with van der Waals surface area (Å²) in [6.07, 6.45) is 2.34. The molecule has 5 nitrogen and oxygen atoms in total. The van der Waals surface area contributed by atoms with Crippen molar-refractivity contribution in [1.29, 1.82) is 0 Å². The Balaban J connectivity index is 1.46. The van der Waals surface area contributed by atoms with Gasteiger partial charge in [0.2, 0.25) is 0 Å². The largest absolute Gasteiger partial charge is 0.508 e. The van der Waals surface area contributed by atoms with E-state index in [0.29, 0.717) is 17.4 Å². The Kier molecular flexibility index (Phi) is 3.58. The second-order valence-corrected chi connectivity index (χ2v) is 6.43. The van der Waals surface area contributed by atoms with E-state index in [-0.39, 0.29) is 17.7 Å². The molecule has 1 unspecified atom stereocenters. The van der Waals surface area contributed by atoms with Gasteiger partial charge in [0.05, 0.1) is 0 Å². The number of hydrogen-bond donors (Lipinski definition) is 2. The van der Waals surface area contributed by atoms with Gasteiger partial charge in [-0.1, -0.05) is 0 Å². The van der Waals surface area contributed by atoms with Crippen LogP contribution in [-0.4, -0.2) is 41.6 Å². The number of nitrogens with zero attached hydrogens (tertiary/aromatic N) is 1. The number of furan rings is 1. The zero-order chi connectivity index (χ0) is 15.8. The number of amides is 1. The van der Waals surface area contributed by atoms with Gasteiger partial charge in [-0.3, -0.25) is 4.79 Å². The first-order valence-corrected chi connectivity index (χ1v) is 8.11. The van der Waals surface area contributed by atoms with E-state index in [9.17, 15) is 9.90 Å². The van der Waals surface area contributed by atoms with Gasteiger partial charge >= 0.3 is 0 Å². The van der Waals surface area contributed by atoms with Crippen molar-refractivity contribution >= 4 is 5.91 Å². The van der Waals surface area contributed by atoms with E-state index in [1.807, 2.05) is 0 Å². The van der Waals surface area contributed by atoms with E-state index in [1.54, 1.807) is 36.4 Å². The molecule has 5 heteroatoms. The van der Waals surface area contributed by atoms with Crippen molar-refractivity contribution in [2.75, 3.05) is 19.6 Å². The molecule has 120 valence electrons. The summed E-state index contributed by atoms with van der Waals surface area (Å²) >= 11 is 0. The molecule has 2 N–H and O–H groups in total. The molecule has 3 fully saturated rings. The highest BCUT2D eigenvalue weighted by Gasteiger charge is 2.35. The molecule has 3 aliphatic heterocycles. The second-order valence-electron chi connectivity index (χ2n) is 6.43. The van der Waals surface area contributed by atoms with E-state index in [2.05, 4.69) is 10.2 Å². The minimum absolute atomic E-state index is 0.145. The summed E-state index contributed by atoms with van der Waals surface area (Å²) in [4.78, 5) is 14.8. The Bertz CT molecular complexity index is 699. The quantitative estimate of drug-likeness (QED) is 0.914. The molecule has 0 saturated carbocycles. The highest BCUT2D eigenvalue weighted by molar-refractivity contribution is 5.92. The molecular weight excluding hydrogens is 292 g/mol. The molecule has 1 aromatic carbocycles. The van der Waals surface area contributed by atoms with Crippen molar-refractivity contribution in [3.05, 3.63) is 42.2 Å². The summed E-state index contributed by atoms with van der Waals surface area (Å²) < 4.78 is 5.69. The third-order valence-electron chi connectivity index (χ3n) is 4.95. The molecule has 23 heavy (non-hydrogen) atoms. The predicted molar refractivity (Wildman–Crippen MR) is 86.2 cm³/mol. The van der Waals surface area contributed by atoms with Gasteiger partial charge in [-0.2, -0.15) is 0 Å². The van der Waals surface area contributed by atoms with Crippen LogP contribution in [0.25, 0.3) is 11.3 Å². The molecule has 1 aromatic heterocycles. The second kappa shape index (κ2) is 5.74. The Morgan fingerprint density at radius 2 is 1.87 bits per heavy atom. The van der Waals surface area contributed by atoms with Crippen LogP contribution in [0.5, 0.6) is 5.75 Å². The Hall–Kier alpha value is -2.27. The molecule has 0 radical (unpaired) electrons. The van der Waals surface area contributed by atoms with E-state index < -0.39 is 0 Å². The van der Waals surface area contributed by atoms with Crippen LogP contribution >= 0.6 is 0 Å². The predicted octanol–water partition coefficient (Wildman–Crippen LogP) is 2.48. The van der Waals surface area contributed by atoms with Crippen LogP contribution in [0, 0.1) is 5.92 Å². The molecule has 2 bridgehead atoms. The molecule has 5 rings (SSSR count). The molecular formula is C18H20N2O3. The third-order valence-corrected chi connectivity index (χ3v) is 4.95. The maximum absolute atomic E-state index is 12.4. The minimum atomic E-state index is -0.145. The smallest absolute Gasteiger partial charge is 0.287 e. The fourth-order valence-corrected chi connectivity index (χ4v) is 3.61. The van der Waals surface area contributed by atoms with Gasteiger partial charge in [0.15, 0.2) is 5.76 Å². The molecule has 1 atom stereocenters. The van der Waals surface area contributed by atoms with Crippen LogP contribution in [0.3, 0.4) is 0 Å². The van der Waals surface area contributed by atoms with Crippen LogP contribution in [0.2, 0.25) is 0 Å². The van der Waals surface area contributed by atoms with Crippen molar-refractivity contribution in [3.63, 3.8) is 0 Å². The zero-order valence-electron chi connectivity index (χ0n) is 12.9. The summed E-state index contributed by atoms with van der Waals surface area (Å²) in [7, 11) is 0. The number of nitrogens with one attached hydrogen (secondary N) is 1. The van der Waals surface area contributed by atoms with Crippen LogP contribution < -0.4 is 5.32 Å². The van der Waals surface area contributed by atoms with Crippen molar-refractivity contribution in [2.45, 2.75) is 18.9 Å². The Morgan fingerprint density at radius 3 is 2.52 bits per heavy atom. The van der Waals surface area contributed by atoms with Crippen molar-refractivity contribution in [1.82, 2.24) is 10.2 Å². The average Bonchev–Trinajstić information content (AvgIpc) is 3.07. The molecule has 2 aromatic rings. The number of carbonyl (C=O) groups is 1. The lowest BCUT2D eigenvalue weighted by atomic mass is 9.84. The number of carbonyl (C=O) groups excluding carboxylic acids is 1. The SMILES string of the molecule is O=C(NC1CN2CCC1CC2)c1ccc(-c2ccc(O)cc2)o1. The maximum atomic E-state index is 12.4. The van der Waals surface area contributed by atoms with Crippen LogP contribution in [0.15, 0.2) is 40.8 Å². The number of hydrogen-bond acceptors (Lipinski definition) is 4. The summed E-state index contributed by atoms with van der Waals surface area (Å²) in [6, 6.07) is 10.5. The summed E-state index contributed by atoms with van der Waals surface area (Å²) in [5.41, 5.74) is 0.838. The highest BCUT2D eigenvalue weighted by atomic mass is 16.3. The number of rotatable bonds is 3. The molecule has 3 saturated heterocycles. The molecule has 4 heterocycles. The van der Waals surface area contributed by atoms with Gasteiger partial charge in [0.25, 0.3) is 5.91 Å². The number of fused-ring (bicyclic) bond motifs is 3. The number of piperidine rings is 3. The minimum Gasteiger partial charge on any atom is -0.508 e. The topological polar surface area (TPSA) is 65.7 Å². The first-order valence-electron chi connectivity index (χ1n) is 8.11. The number of phenolic OH excluding ortho intramolecular Hbond substituents is 1. The van der Waals surface area contributed by atoms with Crippen LogP contribution in [-0.2, 0) is 0 Å². The fourth-order valence-electron chi connectivity index (χ4n) is 3.61. The van der Waals surface area contributed by atoms with Crippen LogP contribution in [0.1, 0.15) is 23.4 Å². The van der Waals surface area contributed by atoms with Crippen molar-refractivity contribution in [3.8, 4) is 17.1 Å². The first kappa shape index (κ1) is 14.3. The van der Waals surface area contributed by atoms with Gasteiger partial charge < -0.3 is 19.7 Å². The zero-order valence-corrected chi connectivity index (χ0v) is 12.9. The normalized spacial score (nSPS) is 26.2. The van der Waals surface area contributed by atoms with Gasteiger partial charge in [-0.05, 0) is 68.2 Å². The van der Waals surface area contributed by atoms with Gasteiger partial charge in [-0.25, -0.2) is 0 Å². The lowest BCUT2D eigenvalue weighted by molar-refractivity contribution is 0.0606. The van der Waals surface area contributed by atoms with E-state index in [1.165, 1.54) is 12.8 Å². The summed E-state index contributed by atoms with van der Waals surface area (Å²) in [6.45, 7) is 3.26. The monoisotopic (exact) mass is 312 g/mol. The van der Waals surface area contributed by atoms with E-state index in [0.717, 1.165) is 25.2 Å². The maximum Gasteiger partial charge on any atom is 0.287 e. The number of aromatic hydroxyl groups is 1. The molecule has 0 spiro atoms. The summed E-state index contributed by atoms with van der Waals surface area (Å²) in [5.74, 6) is 1.62. The Labute approximate surface area is 134 Å². The third kappa shape index (κ3) is 2.84. The molecule has 1 amide bonds. The van der Waals surface area contributed by atoms with Crippen molar-refractivity contribution in [2.24, 2.45) is 5.92 Å². The van der Waals surface area contributed by atoms with Gasteiger partial charge in [0, 0.05) is 18.2 Å². The van der Waals surface area contributed by atoms with E-state index >= 15 is 0 Å². The number of benzene rings is 1. The molecule has 0 aliphatic carbocycles. The highest BCUT2D eigenvalue weighted by Crippen LogP contribution is 2.28. The van der Waals surface area contributed by atoms with Crippen LogP contribution in [0.4, 0.5) is 0 Å². The lowest BCUT2D eigenvalue weighted by Crippen LogP contribution is -2.57.